The van der Waals surface area contributed by atoms with Crippen molar-refractivity contribution in [3.63, 3.8) is 0 Å². The Balaban J connectivity index is 2.89. The molecule has 1 rings (SSSR count). The van der Waals surface area contributed by atoms with E-state index in [1.807, 2.05) is 0 Å². The van der Waals surface area contributed by atoms with Crippen LogP contribution >= 0.6 is 0 Å². The van der Waals surface area contributed by atoms with Crippen LogP contribution < -0.4 is 10.2 Å². The molecule has 0 aliphatic carbocycles. The molecule has 0 saturated carbocycles. The van der Waals surface area contributed by atoms with E-state index in [4.69, 9.17) is 0 Å². The smallest absolute Gasteiger partial charge is 0.0369 e. The van der Waals surface area contributed by atoms with Crippen LogP contribution in [0.4, 0.5) is 5.69 Å². The molecule has 2 heteroatoms. The fraction of sp³-hybridized carbons (Fsp3) is 0.647. The third-order valence-corrected chi connectivity index (χ3v) is 4.27. The first kappa shape index (κ1) is 16.0. The van der Waals surface area contributed by atoms with Crippen LogP contribution in [-0.2, 0) is 0 Å². The molecular formula is C17H30N2. The molecule has 0 radical (unpaired) electrons. The maximum atomic E-state index is 3.36. The molecular weight excluding hydrogens is 232 g/mol. The summed E-state index contributed by atoms with van der Waals surface area (Å²) in [5.41, 5.74) is 4.38. The lowest BCUT2D eigenvalue weighted by Gasteiger charge is -2.37. The van der Waals surface area contributed by atoms with Crippen LogP contribution in [0.5, 0.6) is 0 Å². The third kappa shape index (κ3) is 4.24. The van der Waals surface area contributed by atoms with E-state index in [-0.39, 0.29) is 0 Å². The Kier molecular flexibility index (Phi) is 5.86. The first-order valence-corrected chi connectivity index (χ1v) is 7.40. The average Bonchev–Trinajstić information content (AvgIpc) is 2.37. The van der Waals surface area contributed by atoms with E-state index in [1.54, 1.807) is 0 Å². The zero-order valence-corrected chi connectivity index (χ0v) is 13.5. The highest BCUT2D eigenvalue weighted by Gasteiger charge is 2.27. The van der Waals surface area contributed by atoms with Gasteiger partial charge >= 0.3 is 0 Å². The second-order valence-corrected chi connectivity index (χ2v) is 5.94. The maximum Gasteiger partial charge on any atom is 0.0369 e. The second kappa shape index (κ2) is 6.95. The van der Waals surface area contributed by atoms with Gasteiger partial charge in [-0.25, -0.2) is 0 Å². The number of hydrogen-bond acceptors (Lipinski definition) is 2. The maximum absolute atomic E-state index is 3.36. The molecule has 0 fully saturated rings. The normalized spacial score (nSPS) is 11.7. The van der Waals surface area contributed by atoms with Crippen LogP contribution in [0.25, 0.3) is 0 Å². The predicted octanol–water partition coefficient (Wildman–Crippen LogP) is 3.77. The van der Waals surface area contributed by atoms with Gasteiger partial charge in [0.15, 0.2) is 0 Å². The van der Waals surface area contributed by atoms with E-state index in [1.165, 1.54) is 29.7 Å². The van der Waals surface area contributed by atoms with Gasteiger partial charge < -0.3 is 10.2 Å². The standard InChI is InChI=1S/C17H30N2/c1-7-17(8-2,12-18-5)13-19(6)16-10-14(3)9-15(4)11-16/h9-11,18H,7-8,12-13H2,1-6H3. The fourth-order valence-electron chi connectivity index (χ4n) is 2.92. The van der Waals surface area contributed by atoms with Crippen molar-refractivity contribution < 1.29 is 0 Å². The van der Waals surface area contributed by atoms with Gasteiger partial charge in [0.1, 0.15) is 0 Å². The van der Waals surface area contributed by atoms with E-state index < -0.39 is 0 Å². The summed E-state index contributed by atoms with van der Waals surface area (Å²) in [4.78, 5) is 2.41. The fourth-order valence-corrected chi connectivity index (χ4v) is 2.92. The van der Waals surface area contributed by atoms with Crippen molar-refractivity contribution in [2.75, 3.05) is 32.1 Å². The molecule has 1 aromatic rings. The Morgan fingerprint density at radius 2 is 1.58 bits per heavy atom. The van der Waals surface area contributed by atoms with E-state index in [0.717, 1.165) is 13.1 Å². The Labute approximate surface area is 119 Å². The average molecular weight is 262 g/mol. The number of aryl methyl sites for hydroxylation is 2. The zero-order valence-electron chi connectivity index (χ0n) is 13.5. The first-order valence-electron chi connectivity index (χ1n) is 7.40. The van der Waals surface area contributed by atoms with Gasteiger partial charge in [-0.2, -0.15) is 0 Å². The molecule has 1 N–H and O–H groups in total. The van der Waals surface area contributed by atoms with Crippen molar-refractivity contribution >= 4 is 5.69 Å². The second-order valence-electron chi connectivity index (χ2n) is 5.94. The number of nitrogens with zero attached hydrogens (tertiary/aromatic N) is 1. The van der Waals surface area contributed by atoms with Crippen LogP contribution in [0.3, 0.4) is 0 Å². The van der Waals surface area contributed by atoms with E-state index in [0.29, 0.717) is 5.41 Å². The summed E-state index contributed by atoms with van der Waals surface area (Å²) in [6.07, 6.45) is 2.42. The van der Waals surface area contributed by atoms with Crippen molar-refractivity contribution in [3.05, 3.63) is 29.3 Å². The van der Waals surface area contributed by atoms with Gasteiger partial charge in [-0.05, 0) is 62.4 Å². The highest BCUT2D eigenvalue weighted by Crippen LogP contribution is 2.29. The van der Waals surface area contributed by atoms with E-state index in [9.17, 15) is 0 Å². The van der Waals surface area contributed by atoms with Gasteiger partial charge in [-0.3, -0.25) is 0 Å². The van der Waals surface area contributed by atoms with E-state index in [2.05, 4.69) is 70.2 Å². The lowest BCUT2D eigenvalue weighted by molar-refractivity contribution is 0.262. The quantitative estimate of drug-likeness (QED) is 0.805. The molecule has 0 aliphatic rings. The van der Waals surface area contributed by atoms with Gasteiger partial charge in [-0.1, -0.05) is 19.9 Å². The number of nitrogens with one attached hydrogen (secondary N) is 1. The van der Waals surface area contributed by atoms with Crippen molar-refractivity contribution in [2.45, 2.75) is 40.5 Å². The largest absolute Gasteiger partial charge is 0.374 e. The molecule has 0 unspecified atom stereocenters. The third-order valence-electron chi connectivity index (χ3n) is 4.27. The molecule has 0 heterocycles. The summed E-state index contributed by atoms with van der Waals surface area (Å²) >= 11 is 0. The van der Waals surface area contributed by atoms with Gasteiger partial charge in [0.25, 0.3) is 0 Å². The molecule has 0 bridgehead atoms. The van der Waals surface area contributed by atoms with Gasteiger partial charge in [0.2, 0.25) is 0 Å². The molecule has 2 nitrogen and oxygen atoms in total. The van der Waals surface area contributed by atoms with Crippen molar-refractivity contribution in [1.29, 1.82) is 0 Å². The monoisotopic (exact) mass is 262 g/mol. The van der Waals surface area contributed by atoms with Gasteiger partial charge in [-0.15, -0.1) is 0 Å². The summed E-state index contributed by atoms with van der Waals surface area (Å²) < 4.78 is 0. The zero-order chi connectivity index (χ0) is 14.5. The number of benzene rings is 1. The molecule has 0 saturated heterocycles. The van der Waals surface area contributed by atoms with Gasteiger partial charge in [0, 0.05) is 25.8 Å². The van der Waals surface area contributed by atoms with Crippen molar-refractivity contribution in [1.82, 2.24) is 5.32 Å². The van der Waals surface area contributed by atoms with Crippen molar-refractivity contribution in [3.8, 4) is 0 Å². The molecule has 0 amide bonds. The molecule has 1 aromatic carbocycles. The van der Waals surface area contributed by atoms with Crippen LogP contribution in [0.15, 0.2) is 18.2 Å². The lowest BCUT2D eigenvalue weighted by Crippen LogP contribution is -2.41. The molecule has 0 aliphatic heterocycles. The minimum absolute atomic E-state index is 0.362. The molecule has 0 aromatic heterocycles. The van der Waals surface area contributed by atoms with Crippen molar-refractivity contribution in [2.24, 2.45) is 5.41 Å². The first-order chi connectivity index (χ1) is 8.96. The predicted molar refractivity (Wildman–Crippen MR) is 86.1 cm³/mol. The minimum atomic E-state index is 0.362. The van der Waals surface area contributed by atoms with Crippen LogP contribution in [-0.4, -0.2) is 27.2 Å². The summed E-state index contributed by atoms with van der Waals surface area (Å²) in [6.45, 7) is 11.1. The van der Waals surface area contributed by atoms with Crippen LogP contribution in [0.2, 0.25) is 0 Å². The molecule has 19 heavy (non-hydrogen) atoms. The lowest BCUT2D eigenvalue weighted by atomic mass is 9.81. The molecule has 108 valence electrons. The Hall–Kier alpha value is -1.02. The minimum Gasteiger partial charge on any atom is -0.374 e. The Bertz CT molecular complexity index is 374. The number of hydrogen-bond donors (Lipinski definition) is 1. The van der Waals surface area contributed by atoms with E-state index >= 15 is 0 Å². The van der Waals surface area contributed by atoms with Crippen LogP contribution in [0.1, 0.15) is 37.8 Å². The number of anilines is 1. The topological polar surface area (TPSA) is 15.3 Å². The number of rotatable bonds is 7. The Morgan fingerprint density at radius 1 is 1.05 bits per heavy atom. The summed E-state index contributed by atoms with van der Waals surface area (Å²) in [5.74, 6) is 0. The summed E-state index contributed by atoms with van der Waals surface area (Å²) in [7, 11) is 4.26. The summed E-state index contributed by atoms with van der Waals surface area (Å²) in [5, 5.41) is 3.36. The molecule has 0 spiro atoms. The highest BCUT2D eigenvalue weighted by molar-refractivity contribution is 5.50. The SMILES string of the molecule is CCC(CC)(CNC)CN(C)c1cc(C)cc(C)c1. The molecule has 0 atom stereocenters. The van der Waals surface area contributed by atoms with Gasteiger partial charge in [0.05, 0.1) is 0 Å². The van der Waals surface area contributed by atoms with Crippen LogP contribution in [0, 0.1) is 19.3 Å². The highest BCUT2D eigenvalue weighted by atomic mass is 15.1. The Morgan fingerprint density at radius 3 is 2.00 bits per heavy atom. The summed E-state index contributed by atoms with van der Waals surface area (Å²) in [6, 6.07) is 6.79.